The SMILES string of the molecule is CCOC(=O)C1(O)CCC(OC(F)(F)CF)CC1. The molecule has 0 unspecified atom stereocenters. The molecule has 0 aliphatic heterocycles. The average molecular weight is 270 g/mol. The number of aliphatic hydroxyl groups is 1. The summed E-state index contributed by atoms with van der Waals surface area (Å²) in [6.45, 7) is -0.134. The van der Waals surface area contributed by atoms with Crippen LogP contribution in [-0.2, 0) is 14.3 Å². The standard InChI is InChI=1S/C11H17F3O4/c1-2-17-9(15)10(16)5-3-8(4-6-10)18-11(13,14)7-12/h8,16H,2-7H2,1H3. The molecule has 1 rings (SSSR count). The molecule has 106 valence electrons. The Labute approximate surface area is 103 Å². The molecular formula is C11H17F3O4. The molecule has 0 heterocycles. The van der Waals surface area contributed by atoms with Gasteiger partial charge in [0.05, 0.1) is 12.7 Å². The predicted molar refractivity (Wildman–Crippen MR) is 55.8 cm³/mol. The fourth-order valence-corrected chi connectivity index (χ4v) is 1.93. The normalized spacial score (nSPS) is 29.1. The largest absolute Gasteiger partial charge is 0.464 e. The van der Waals surface area contributed by atoms with Crippen LogP contribution < -0.4 is 0 Å². The van der Waals surface area contributed by atoms with E-state index in [1.54, 1.807) is 6.92 Å². The zero-order valence-corrected chi connectivity index (χ0v) is 10.1. The second kappa shape index (κ2) is 5.88. The van der Waals surface area contributed by atoms with Gasteiger partial charge in [-0.15, -0.1) is 0 Å². The molecule has 0 radical (unpaired) electrons. The smallest absolute Gasteiger partial charge is 0.384 e. The molecule has 18 heavy (non-hydrogen) atoms. The summed E-state index contributed by atoms with van der Waals surface area (Å²) >= 11 is 0. The van der Waals surface area contributed by atoms with Crippen molar-refractivity contribution in [2.24, 2.45) is 0 Å². The highest BCUT2D eigenvalue weighted by molar-refractivity contribution is 5.79. The fraction of sp³-hybridized carbons (Fsp3) is 0.909. The second-order valence-electron chi connectivity index (χ2n) is 4.34. The Kier molecular flexibility index (Phi) is 4.98. The third-order valence-electron chi connectivity index (χ3n) is 2.91. The number of ether oxygens (including phenoxy) is 2. The average Bonchev–Trinajstić information content (AvgIpc) is 2.32. The summed E-state index contributed by atoms with van der Waals surface area (Å²) in [5, 5.41) is 9.95. The summed E-state index contributed by atoms with van der Waals surface area (Å²) in [4.78, 5) is 11.4. The van der Waals surface area contributed by atoms with Gasteiger partial charge in [0.15, 0.2) is 12.3 Å². The van der Waals surface area contributed by atoms with Gasteiger partial charge < -0.3 is 14.6 Å². The first-order valence-corrected chi connectivity index (χ1v) is 5.84. The monoisotopic (exact) mass is 270 g/mol. The van der Waals surface area contributed by atoms with Crippen LogP contribution in [0.3, 0.4) is 0 Å². The molecule has 0 atom stereocenters. The zero-order valence-electron chi connectivity index (χ0n) is 10.1. The molecule has 0 saturated heterocycles. The van der Waals surface area contributed by atoms with Crippen molar-refractivity contribution in [3.8, 4) is 0 Å². The number of esters is 1. The van der Waals surface area contributed by atoms with Crippen molar-refractivity contribution in [2.45, 2.75) is 50.4 Å². The van der Waals surface area contributed by atoms with Crippen molar-refractivity contribution >= 4 is 5.97 Å². The maximum absolute atomic E-state index is 12.7. The predicted octanol–water partition coefficient (Wildman–Crippen LogP) is 1.80. The number of alkyl halides is 3. The maximum Gasteiger partial charge on any atom is 0.384 e. The van der Waals surface area contributed by atoms with E-state index in [1.165, 1.54) is 0 Å². The van der Waals surface area contributed by atoms with Crippen molar-refractivity contribution in [1.29, 1.82) is 0 Å². The van der Waals surface area contributed by atoms with Crippen LogP contribution >= 0.6 is 0 Å². The first-order valence-electron chi connectivity index (χ1n) is 5.84. The lowest BCUT2D eigenvalue weighted by molar-refractivity contribution is -0.276. The van der Waals surface area contributed by atoms with Crippen molar-refractivity contribution in [1.82, 2.24) is 0 Å². The highest BCUT2D eigenvalue weighted by Crippen LogP contribution is 2.33. The van der Waals surface area contributed by atoms with Gasteiger partial charge in [0.25, 0.3) is 0 Å². The van der Waals surface area contributed by atoms with Gasteiger partial charge in [-0.3, -0.25) is 0 Å². The van der Waals surface area contributed by atoms with Gasteiger partial charge in [-0.1, -0.05) is 0 Å². The first kappa shape index (κ1) is 15.2. The van der Waals surface area contributed by atoms with Crippen LogP contribution in [0.25, 0.3) is 0 Å². The van der Waals surface area contributed by atoms with Gasteiger partial charge in [-0.25, -0.2) is 9.18 Å². The summed E-state index contributed by atoms with van der Waals surface area (Å²) in [6, 6.07) is 0. The lowest BCUT2D eigenvalue weighted by Gasteiger charge is -2.34. The lowest BCUT2D eigenvalue weighted by atomic mass is 9.83. The van der Waals surface area contributed by atoms with Crippen LogP contribution in [0.2, 0.25) is 0 Å². The van der Waals surface area contributed by atoms with Crippen molar-refractivity contribution in [3.05, 3.63) is 0 Å². The van der Waals surface area contributed by atoms with Crippen molar-refractivity contribution in [3.63, 3.8) is 0 Å². The minimum absolute atomic E-state index is 0.0289. The number of carbonyl (C=O) groups is 1. The summed E-state index contributed by atoms with van der Waals surface area (Å²) in [7, 11) is 0. The van der Waals surface area contributed by atoms with E-state index in [2.05, 4.69) is 4.74 Å². The van der Waals surface area contributed by atoms with Gasteiger partial charge >= 0.3 is 12.1 Å². The van der Waals surface area contributed by atoms with E-state index in [0.717, 1.165) is 0 Å². The van der Waals surface area contributed by atoms with Crippen LogP contribution in [-0.4, -0.2) is 42.2 Å². The molecule has 0 spiro atoms. The molecule has 0 aromatic carbocycles. The molecule has 0 aromatic rings. The third-order valence-corrected chi connectivity index (χ3v) is 2.91. The zero-order chi connectivity index (χ0) is 13.8. The minimum atomic E-state index is -3.80. The summed E-state index contributed by atoms with van der Waals surface area (Å²) < 4.78 is 46.2. The highest BCUT2D eigenvalue weighted by Gasteiger charge is 2.44. The van der Waals surface area contributed by atoms with E-state index >= 15 is 0 Å². The Hall–Kier alpha value is -0.820. The topological polar surface area (TPSA) is 55.8 Å². The first-order chi connectivity index (χ1) is 8.33. The molecule has 7 heteroatoms. The highest BCUT2D eigenvalue weighted by atomic mass is 19.3. The molecule has 0 bridgehead atoms. The number of hydrogen-bond donors (Lipinski definition) is 1. The summed E-state index contributed by atoms with van der Waals surface area (Å²) in [5.41, 5.74) is -1.64. The second-order valence-corrected chi connectivity index (χ2v) is 4.34. The lowest BCUT2D eigenvalue weighted by Crippen LogP contribution is -2.46. The number of rotatable bonds is 5. The Balaban J connectivity index is 2.48. The Morgan fingerprint density at radius 2 is 2.00 bits per heavy atom. The van der Waals surface area contributed by atoms with Crippen molar-refractivity contribution in [2.75, 3.05) is 13.3 Å². The van der Waals surface area contributed by atoms with Gasteiger partial charge in [0.2, 0.25) is 0 Å². The van der Waals surface area contributed by atoms with Crippen LogP contribution in [0, 0.1) is 0 Å². The molecule has 1 fully saturated rings. The van der Waals surface area contributed by atoms with E-state index in [4.69, 9.17) is 4.74 Å². The van der Waals surface area contributed by atoms with Crippen LogP contribution in [0.4, 0.5) is 13.2 Å². The van der Waals surface area contributed by atoms with Crippen LogP contribution in [0.15, 0.2) is 0 Å². The van der Waals surface area contributed by atoms with Gasteiger partial charge in [0, 0.05) is 0 Å². The third kappa shape index (κ3) is 3.84. The summed E-state index contributed by atoms with van der Waals surface area (Å²) in [6.07, 6.45) is -4.59. The molecular weight excluding hydrogens is 253 g/mol. The maximum atomic E-state index is 12.7. The number of hydrogen-bond acceptors (Lipinski definition) is 4. The Morgan fingerprint density at radius 3 is 2.44 bits per heavy atom. The summed E-state index contributed by atoms with van der Waals surface area (Å²) in [5.74, 6) is -0.749. The fourth-order valence-electron chi connectivity index (χ4n) is 1.93. The van der Waals surface area contributed by atoms with Gasteiger partial charge in [-0.2, -0.15) is 8.78 Å². The van der Waals surface area contributed by atoms with E-state index in [9.17, 15) is 23.1 Å². The Morgan fingerprint density at radius 1 is 1.44 bits per heavy atom. The van der Waals surface area contributed by atoms with Crippen LogP contribution in [0.5, 0.6) is 0 Å². The number of halogens is 3. The molecule has 0 amide bonds. The molecule has 1 saturated carbocycles. The van der Waals surface area contributed by atoms with E-state index in [1.807, 2.05) is 0 Å². The molecule has 1 N–H and O–H groups in total. The minimum Gasteiger partial charge on any atom is -0.464 e. The van der Waals surface area contributed by atoms with Crippen molar-refractivity contribution < 1.29 is 32.5 Å². The molecule has 1 aliphatic carbocycles. The van der Waals surface area contributed by atoms with E-state index < -0.39 is 30.5 Å². The number of carbonyl (C=O) groups excluding carboxylic acids is 1. The van der Waals surface area contributed by atoms with Crippen LogP contribution in [0.1, 0.15) is 32.6 Å². The quantitative estimate of drug-likeness (QED) is 0.774. The van der Waals surface area contributed by atoms with E-state index in [-0.39, 0.29) is 32.3 Å². The van der Waals surface area contributed by atoms with E-state index in [0.29, 0.717) is 0 Å². The van der Waals surface area contributed by atoms with Gasteiger partial charge in [0.1, 0.15) is 0 Å². The molecule has 0 aromatic heterocycles. The molecule has 1 aliphatic rings. The molecule has 4 nitrogen and oxygen atoms in total. The Bertz CT molecular complexity index is 288. The van der Waals surface area contributed by atoms with Gasteiger partial charge in [-0.05, 0) is 32.6 Å².